The molecule has 0 spiro atoms. The lowest BCUT2D eigenvalue weighted by Gasteiger charge is -2.33. The number of aryl methyl sites for hydroxylation is 2. The first-order chi connectivity index (χ1) is 15.1. The maximum atomic E-state index is 9.10. The molecule has 12 nitrogen and oxygen atoms in total. The lowest BCUT2D eigenvalue weighted by Crippen LogP contribution is -2.44. The van der Waals surface area contributed by atoms with Crippen LogP contribution in [0.2, 0.25) is 0 Å². The number of carbonyl (C=O) groups is 4. The minimum Gasteiger partial charge on any atom is -0.473 e. The van der Waals surface area contributed by atoms with E-state index in [0.29, 0.717) is 0 Å². The predicted octanol–water partition coefficient (Wildman–Crippen LogP) is 0.633. The first kappa shape index (κ1) is 24.9. The van der Waals surface area contributed by atoms with Gasteiger partial charge in [0.15, 0.2) is 0 Å². The molecule has 0 saturated carbocycles. The van der Waals surface area contributed by atoms with Crippen molar-refractivity contribution in [2.75, 3.05) is 38.1 Å². The molecule has 4 N–H and O–H groups in total. The van der Waals surface area contributed by atoms with E-state index in [2.05, 4.69) is 26.8 Å². The number of nitrogens with zero attached hydrogens (tertiary/aromatic N) is 4. The van der Waals surface area contributed by atoms with Gasteiger partial charge in [0.1, 0.15) is 17.0 Å². The topological polar surface area (TPSA) is 181 Å². The van der Waals surface area contributed by atoms with Gasteiger partial charge in [-0.3, -0.25) is 0 Å². The summed E-state index contributed by atoms with van der Waals surface area (Å²) in [6.07, 6.45) is 6.84. The van der Waals surface area contributed by atoms with Gasteiger partial charge in [0.2, 0.25) is 0 Å². The standard InChI is InChI=1S/C15H20N4S.2C2H2O4/c1-18-6-8-19(9-7-18)14-13-11-4-2-3-5-12(11)20-15(13)17-10-16-14;2*3-1(4)2(5)6/h10H,2-9H2,1H3;2*(H,3,4)(H,5,6). The molecule has 1 fully saturated rings. The van der Waals surface area contributed by atoms with E-state index in [4.69, 9.17) is 39.6 Å². The molecule has 2 aliphatic rings. The summed E-state index contributed by atoms with van der Waals surface area (Å²) in [4.78, 5) is 53.2. The van der Waals surface area contributed by atoms with E-state index in [1.807, 2.05) is 11.3 Å². The van der Waals surface area contributed by atoms with Crippen LogP contribution in [0.15, 0.2) is 6.33 Å². The zero-order valence-electron chi connectivity index (χ0n) is 17.4. The Labute approximate surface area is 186 Å². The SMILES string of the molecule is CN1CCN(c2ncnc3sc4c(c23)CCCC4)CC1.O=C(O)C(=O)O.O=C(O)C(=O)O. The van der Waals surface area contributed by atoms with Gasteiger partial charge >= 0.3 is 23.9 Å². The summed E-state index contributed by atoms with van der Waals surface area (Å²) in [5.41, 5.74) is 1.55. The molecular weight excluding hydrogens is 444 g/mol. The van der Waals surface area contributed by atoms with Crippen molar-refractivity contribution >= 4 is 51.2 Å². The van der Waals surface area contributed by atoms with Crippen LogP contribution in [0.5, 0.6) is 0 Å². The van der Waals surface area contributed by atoms with Crippen LogP contribution in [0.25, 0.3) is 10.2 Å². The Morgan fingerprint density at radius 2 is 1.38 bits per heavy atom. The number of carboxylic acids is 4. The van der Waals surface area contributed by atoms with E-state index in [1.54, 1.807) is 16.8 Å². The summed E-state index contributed by atoms with van der Waals surface area (Å²) >= 11 is 1.89. The number of likely N-dealkylation sites (N-methyl/N-ethyl adjacent to an activating group) is 1. The fourth-order valence-corrected chi connectivity index (χ4v) is 4.56. The molecule has 3 heterocycles. The number of thiophene rings is 1. The molecule has 1 aliphatic heterocycles. The van der Waals surface area contributed by atoms with Crippen LogP contribution in [0.1, 0.15) is 23.3 Å². The molecule has 2 aromatic rings. The highest BCUT2D eigenvalue weighted by molar-refractivity contribution is 7.19. The lowest BCUT2D eigenvalue weighted by molar-refractivity contribution is -0.159. The Morgan fingerprint density at radius 1 is 0.844 bits per heavy atom. The van der Waals surface area contributed by atoms with Crippen molar-refractivity contribution in [3.05, 3.63) is 16.8 Å². The second-order valence-electron chi connectivity index (χ2n) is 7.10. The van der Waals surface area contributed by atoms with E-state index in [1.165, 1.54) is 41.7 Å². The van der Waals surface area contributed by atoms with Gasteiger partial charge in [-0.15, -0.1) is 11.3 Å². The number of aromatic nitrogens is 2. The molecule has 4 rings (SSSR count). The number of aliphatic carboxylic acids is 4. The first-order valence-electron chi connectivity index (χ1n) is 9.73. The van der Waals surface area contributed by atoms with Gasteiger partial charge in [-0.1, -0.05) is 0 Å². The van der Waals surface area contributed by atoms with Crippen LogP contribution >= 0.6 is 11.3 Å². The largest absolute Gasteiger partial charge is 0.473 e. The normalized spacial score (nSPS) is 15.5. The highest BCUT2D eigenvalue weighted by Gasteiger charge is 2.24. The molecule has 13 heteroatoms. The molecule has 0 unspecified atom stereocenters. The molecule has 0 amide bonds. The van der Waals surface area contributed by atoms with Crippen LogP contribution in [0, 0.1) is 0 Å². The molecule has 174 valence electrons. The molecule has 0 atom stereocenters. The Morgan fingerprint density at radius 3 is 1.91 bits per heavy atom. The second kappa shape index (κ2) is 11.3. The maximum Gasteiger partial charge on any atom is 0.414 e. The zero-order chi connectivity index (χ0) is 23.8. The summed E-state index contributed by atoms with van der Waals surface area (Å²) in [5, 5.41) is 30.9. The van der Waals surface area contributed by atoms with Gasteiger partial charge in [0.25, 0.3) is 0 Å². The Kier molecular flexibility index (Phi) is 8.84. The molecule has 32 heavy (non-hydrogen) atoms. The molecule has 1 aliphatic carbocycles. The van der Waals surface area contributed by atoms with Crippen molar-refractivity contribution in [2.24, 2.45) is 0 Å². The Hall–Kier alpha value is -3.32. The number of hydrogen-bond acceptors (Lipinski definition) is 9. The van der Waals surface area contributed by atoms with E-state index in [0.717, 1.165) is 26.2 Å². The number of fused-ring (bicyclic) bond motifs is 3. The lowest BCUT2D eigenvalue weighted by atomic mass is 9.97. The minimum atomic E-state index is -1.82. The van der Waals surface area contributed by atoms with Crippen LogP contribution in [-0.4, -0.2) is 92.4 Å². The van der Waals surface area contributed by atoms with Crippen molar-refractivity contribution in [3.8, 4) is 0 Å². The van der Waals surface area contributed by atoms with E-state index < -0.39 is 23.9 Å². The van der Waals surface area contributed by atoms with Crippen LogP contribution in [0.3, 0.4) is 0 Å². The third kappa shape index (κ3) is 6.59. The zero-order valence-corrected chi connectivity index (χ0v) is 18.2. The Bertz CT molecular complexity index is 953. The molecule has 0 bridgehead atoms. The minimum absolute atomic E-state index is 1.08. The van der Waals surface area contributed by atoms with Crippen LogP contribution in [-0.2, 0) is 32.0 Å². The third-order valence-electron chi connectivity index (χ3n) is 4.90. The molecule has 0 radical (unpaired) electrons. The van der Waals surface area contributed by atoms with Gasteiger partial charge in [-0.05, 0) is 38.3 Å². The molecule has 1 saturated heterocycles. The van der Waals surface area contributed by atoms with Crippen molar-refractivity contribution in [1.29, 1.82) is 0 Å². The van der Waals surface area contributed by atoms with Crippen molar-refractivity contribution in [2.45, 2.75) is 25.7 Å². The van der Waals surface area contributed by atoms with Gasteiger partial charge < -0.3 is 30.2 Å². The first-order valence-corrected chi connectivity index (χ1v) is 10.5. The quantitative estimate of drug-likeness (QED) is 0.429. The van der Waals surface area contributed by atoms with Gasteiger partial charge in [0.05, 0.1) is 5.39 Å². The summed E-state index contributed by atoms with van der Waals surface area (Å²) in [6, 6.07) is 0. The number of rotatable bonds is 1. The van der Waals surface area contributed by atoms with Crippen molar-refractivity contribution in [3.63, 3.8) is 0 Å². The smallest absolute Gasteiger partial charge is 0.414 e. The molecule has 2 aromatic heterocycles. The van der Waals surface area contributed by atoms with E-state index in [-0.39, 0.29) is 0 Å². The number of hydrogen-bond donors (Lipinski definition) is 4. The van der Waals surface area contributed by atoms with E-state index in [9.17, 15) is 0 Å². The van der Waals surface area contributed by atoms with Crippen LogP contribution < -0.4 is 4.90 Å². The highest BCUT2D eigenvalue weighted by atomic mass is 32.1. The summed E-state index contributed by atoms with van der Waals surface area (Å²) in [7, 11) is 2.19. The third-order valence-corrected chi connectivity index (χ3v) is 6.10. The average Bonchev–Trinajstić information content (AvgIpc) is 3.14. The average molecular weight is 468 g/mol. The monoisotopic (exact) mass is 468 g/mol. The fraction of sp³-hybridized carbons (Fsp3) is 0.474. The fourth-order valence-electron chi connectivity index (χ4n) is 3.33. The summed E-state index contributed by atoms with van der Waals surface area (Å²) in [6.45, 7) is 4.40. The summed E-state index contributed by atoms with van der Waals surface area (Å²) in [5.74, 6) is -6.11. The molecule has 0 aromatic carbocycles. The summed E-state index contributed by atoms with van der Waals surface area (Å²) < 4.78 is 0. The molecular formula is C19H24N4O8S. The number of anilines is 1. The highest BCUT2D eigenvalue weighted by Crippen LogP contribution is 2.39. The maximum absolute atomic E-state index is 9.10. The number of piperazine rings is 1. The predicted molar refractivity (Wildman–Crippen MR) is 114 cm³/mol. The van der Waals surface area contributed by atoms with Crippen molar-refractivity contribution < 1.29 is 39.6 Å². The van der Waals surface area contributed by atoms with Gasteiger partial charge in [0, 0.05) is 31.1 Å². The van der Waals surface area contributed by atoms with Crippen LogP contribution in [0.4, 0.5) is 5.82 Å². The van der Waals surface area contributed by atoms with Gasteiger partial charge in [-0.25, -0.2) is 29.1 Å². The van der Waals surface area contributed by atoms with E-state index >= 15 is 0 Å². The van der Waals surface area contributed by atoms with Crippen molar-refractivity contribution in [1.82, 2.24) is 14.9 Å². The van der Waals surface area contributed by atoms with Gasteiger partial charge in [-0.2, -0.15) is 0 Å². The number of carboxylic acid groups (broad SMARTS) is 4. The second-order valence-corrected chi connectivity index (χ2v) is 8.18. The Balaban J connectivity index is 0.000000253.